The van der Waals surface area contributed by atoms with Crippen LogP contribution in [0.5, 0.6) is 0 Å². The summed E-state index contributed by atoms with van der Waals surface area (Å²) in [5, 5.41) is 3.40. The fraction of sp³-hybridized carbons (Fsp3) is 0.944. The normalized spacial score (nSPS) is 21.0. The van der Waals surface area contributed by atoms with Crippen LogP contribution in [0.1, 0.15) is 65.2 Å². The summed E-state index contributed by atoms with van der Waals surface area (Å²) in [6, 6.07) is 0. The number of likely N-dealkylation sites (tertiary alicyclic amines) is 1. The average molecular weight is 331 g/mol. The van der Waals surface area contributed by atoms with Gasteiger partial charge in [-0.15, -0.1) is 12.4 Å². The van der Waals surface area contributed by atoms with E-state index in [1.54, 1.807) is 0 Å². The van der Waals surface area contributed by atoms with Gasteiger partial charge in [-0.1, -0.05) is 26.7 Å². The zero-order valence-electron chi connectivity index (χ0n) is 14.5. The van der Waals surface area contributed by atoms with Crippen molar-refractivity contribution in [2.24, 2.45) is 17.8 Å². The van der Waals surface area contributed by atoms with Gasteiger partial charge in [0.25, 0.3) is 0 Å². The maximum atomic E-state index is 12.3. The number of nitrogens with one attached hydrogen (secondary N) is 1. The third kappa shape index (κ3) is 6.87. The second kappa shape index (κ2) is 10.5. The molecule has 4 heteroatoms. The van der Waals surface area contributed by atoms with Crippen molar-refractivity contribution in [2.45, 2.75) is 65.2 Å². The van der Waals surface area contributed by atoms with Crippen LogP contribution >= 0.6 is 12.4 Å². The zero-order chi connectivity index (χ0) is 15.1. The maximum absolute atomic E-state index is 12.3. The number of nitrogens with zero attached hydrogens (tertiary/aromatic N) is 1. The molecule has 0 aliphatic carbocycles. The smallest absolute Gasteiger partial charge is 0.222 e. The van der Waals surface area contributed by atoms with Gasteiger partial charge in [0.2, 0.25) is 5.91 Å². The molecular formula is C18H35ClN2O. The van der Waals surface area contributed by atoms with E-state index in [1.165, 1.54) is 38.5 Å². The lowest BCUT2D eigenvalue weighted by Crippen LogP contribution is -2.38. The quantitative estimate of drug-likeness (QED) is 0.802. The Bertz CT molecular complexity index is 308. The highest BCUT2D eigenvalue weighted by molar-refractivity contribution is 5.85. The van der Waals surface area contributed by atoms with Crippen LogP contribution < -0.4 is 5.32 Å². The zero-order valence-corrected chi connectivity index (χ0v) is 15.3. The highest BCUT2D eigenvalue weighted by atomic mass is 35.5. The Balaban J connectivity index is 0.00000242. The minimum atomic E-state index is 0. The highest BCUT2D eigenvalue weighted by Crippen LogP contribution is 2.25. The number of rotatable bonds is 6. The molecule has 22 heavy (non-hydrogen) atoms. The second-order valence-corrected chi connectivity index (χ2v) is 7.53. The number of piperidine rings is 2. The molecule has 130 valence electrons. The number of halogens is 1. The molecule has 2 heterocycles. The molecule has 1 amide bonds. The molecule has 3 nitrogen and oxygen atoms in total. The Kier molecular flexibility index (Phi) is 9.42. The van der Waals surface area contributed by atoms with Crippen molar-refractivity contribution in [1.29, 1.82) is 0 Å². The van der Waals surface area contributed by atoms with E-state index in [0.717, 1.165) is 56.8 Å². The number of carbonyl (C=O) groups excluding carboxylic acids is 1. The van der Waals surface area contributed by atoms with Gasteiger partial charge in [0.15, 0.2) is 0 Å². The maximum Gasteiger partial charge on any atom is 0.222 e. The summed E-state index contributed by atoms with van der Waals surface area (Å²) in [6.07, 6.45) is 9.55. The Morgan fingerprint density at radius 2 is 1.64 bits per heavy atom. The fourth-order valence-corrected chi connectivity index (χ4v) is 3.70. The van der Waals surface area contributed by atoms with Crippen molar-refractivity contribution in [3.63, 3.8) is 0 Å². The molecule has 0 saturated carbocycles. The standard InChI is InChI=1S/C18H34N2O.ClH/c1-15(2)3-4-17-9-13-20(14-10-17)18(21)6-5-16-7-11-19-12-8-16;/h15-17,19H,3-14H2,1-2H3;1H. The second-order valence-electron chi connectivity index (χ2n) is 7.53. The number of hydrogen-bond donors (Lipinski definition) is 1. The minimum absolute atomic E-state index is 0. The third-order valence-electron chi connectivity index (χ3n) is 5.34. The molecule has 1 N–H and O–H groups in total. The van der Waals surface area contributed by atoms with Crippen LogP contribution in [-0.4, -0.2) is 37.0 Å². The van der Waals surface area contributed by atoms with E-state index in [2.05, 4.69) is 24.1 Å². The van der Waals surface area contributed by atoms with Gasteiger partial charge in [-0.3, -0.25) is 4.79 Å². The molecule has 0 aromatic rings. The predicted octanol–water partition coefficient (Wildman–Crippen LogP) is 3.86. The molecule has 0 unspecified atom stereocenters. The van der Waals surface area contributed by atoms with Gasteiger partial charge >= 0.3 is 0 Å². The molecule has 0 aromatic carbocycles. The summed E-state index contributed by atoms with van der Waals surface area (Å²) in [4.78, 5) is 14.5. The summed E-state index contributed by atoms with van der Waals surface area (Å²) < 4.78 is 0. The summed E-state index contributed by atoms with van der Waals surface area (Å²) in [5.74, 6) is 2.87. The van der Waals surface area contributed by atoms with E-state index in [-0.39, 0.29) is 12.4 Å². The Morgan fingerprint density at radius 3 is 2.23 bits per heavy atom. The number of amides is 1. The first-order chi connectivity index (χ1) is 10.1. The lowest BCUT2D eigenvalue weighted by molar-refractivity contribution is -0.133. The first-order valence-electron chi connectivity index (χ1n) is 9.13. The average Bonchev–Trinajstić information content (AvgIpc) is 2.52. The summed E-state index contributed by atoms with van der Waals surface area (Å²) >= 11 is 0. The van der Waals surface area contributed by atoms with Crippen molar-refractivity contribution in [2.75, 3.05) is 26.2 Å². The lowest BCUT2D eigenvalue weighted by atomic mass is 9.89. The first-order valence-corrected chi connectivity index (χ1v) is 9.13. The minimum Gasteiger partial charge on any atom is -0.343 e. The van der Waals surface area contributed by atoms with E-state index in [1.807, 2.05) is 0 Å². The van der Waals surface area contributed by atoms with Gasteiger partial charge < -0.3 is 10.2 Å². The molecule has 2 rings (SSSR count). The van der Waals surface area contributed by atoms with Crippen LogP contribution in [0.2, 0.25) is 0 Å². The van der Waals surface area contributed by atoms with Crippen molar-refractivity contribution >= 4 is 18.3 Å². The molecule has 2 aliphatic heterocycles. The molecule has 0 aromatic heterocycles. The van der Waals surface area contributed by atoms with Gasteiger partial charge in [0.05, 0.1) is 0 Å². The van der Waals surface area contributed by atoms with Crippen molar-refractivity contribution in [3.05, 3.63) is 0 Å². The Morgan fingerprint density at radius 1 is 1.05 bits per heavy atom. The van der Waals surface area contributed by atoms with Crippen LogP contribution in [0.4, 0.5) is 0 Å². The summed E-state index contributed by atoms with van der Waals surface area (Å²) in [6.45, 7) is 8.90. The highest BCUT2D eigenvalue weighted by Gasteiger charge is 2.23. The lowest BCUT2D eigenvalue weighted by Gasteiger charge is -2.33. The van der Waals surface area contributed by atoms with Gasteiger partial charge in [-0.2, -0.15) is 0 Å². The fourth-order valence-electron chi connectivity index (χ4n) is 3.70. The van der Waals surface area contributed by atoms with Crippen LogP contribution in [0, 0.1) is 17.8 Å². The third-order valence-corrected chi connectivity index (χ3v) is 5.34. The van der Waals surface area contributed by atoms with Crippen LogP contribution in [0.25, 0.3) is 0 Å². The SMILES string of the molecule is CC(C)CCC1CCN(C(=O)CCC2CCNCC2)CC1.Cl. The first kappa shape index (κ1) is 19.8. The molecule has 2 saturated heterocycles. The van der Waals surface area contributed by atoms with E-state index in [4.69, 9.17) is 0 Å². The molecule has 0 radical (unpaired) electrons. The molecule has 0 atom stereocenters. The van der Waals surface area contributed by atoms with E-state index >= 15 is 0 Å². The van der Waals surface area contributed by atoms with Crippen molar-refractivity contribution < 1.29 is 4.79 Å². The molecule has 2 aliphatic rings. The number of hydrogen-bond acceptors (Lipinski definition) is 2. The summed E-state index contributed by atoms with van der Waals surface area (Å²) in [5.41, 5.74) is 0. The van der Waals surface area contributed by atoms with E-state index < -0.39 is 0 Å². The van der Waals surface area contributed by atoms with Gasteiger partial charge in [-0.05, 0) is 62.9 Å². The Hall–Kier alpha value is -0.280. The topological polar surface area (TPSA) is 32.3 Å². The largest absolute Gasteiger partial charge is 0.343 e. The Labute approximate surface area is 143 Å². The van der Waals surface area contributed by atoms with Gasteiger partial charge in [0, 0.05) is 19.5 Å². The molecule has 0 bridgehead atoms. The van der Waals surface area contributed by atoms with Crippen LogP contribution in [-0.2, 0) is 4.79 Å². The molecular weight excluding hydrogens is 296 g/mol. The van der Waals surface area contributed by atoms with E-state index in [9.17, 15) is 4.79 Å². The molecule has 2 fully saturated rings. The predicted molar refractivity (Wildman–Crippen MR) is 95.5 cm³/mol. The van der Waals surface area contributed by atoms with Gasteiger partial charge in [-0.25, -0.2) is 0 Å². The van der Waals surface area contributed by atoms with Gasteiger partial charge in [0.1, 0.15) is 0 Å². The van der Waals surface area contributed by atoms with Crippen molar-refractivity contribution in [3.8, 4) is 0 Å². The van der Waals surface area contributed by atoms with E-state index in [0.29, 0.717) is 5.91 Å². The van der Waals surface area contributed by atoms with Crippen LogP contribution in [0.15, 0.2) is 0 Å². The van der Waals surface area contributed by atoms with Crippen molar-refractivity contribution in [1.82, 2.24) is 10.2 Å². The molecule has 0 spiro atoms. The van der Waals surface area contributed by atoms with Crippen LogP contribution in [0.3, 0.4) is 0 Å². The summed E-state index contributed by atoms with van der Waals surface area (Å²) in [7, 11) is 0. The number of carbonyl (C=O) groups is 1. The monoisotopic (exact) mass is 330 g/mol.